The molecule has 0 bridgehead atoms. The molecular weight excluding hydrogens is 128 g/mol. The van der Waals surface area contributed by atoms with Gasteiger partial charge in [-0.3, -0.25) is 0 Å². The summed E-state index contributed by atoms with van der Waals surface area (Å²) in [7, 11) is 0. The van der Waals surface area contributed by atoms with Crippen LogP contribution in [0.1, 0.15) is 19.8 Å². The van der Waals surface area contributed by atoms with Crippen molar-refractivity contribution in [3.8, 4) is 0 Å². The van der Waals surface area contributed by atoms with Gasteiger partial charge >= 0.3 is 0 Å². The number of allylic oxidation sites excluding steroid dienone is 1. The molecule has 2 aliphatic carbocycles. The summed E-state index contributed by atoms with van der Waals surface area (Å²) in [5.74, 6) is 1.79. The van der Waals surface area contributed by atoms with Crippen molar-refractivity contribution in [3.05, 3.63) is 11.6 Å². The third kappa shape index (κ3) is 0.823. The molecule has 0 aromatic heterocycles. The van der Waals surface area contributed by atoms with Crippen LogP contribution in [0.25, 0.3) is 0 Å². The largest absolute Gasteiger partial charge is 0.171 e. The van der Waals surface area contributed by atoms with Gasteiger partial charge < -0.3 is 0 Å². The molecule has 0 spiro atoms. The molecule has 2 aliphatic rings. The van der Waals surface area contributed by atoms with Crippen LogP contribution in [-0.2, 0) is 0 Å². The Labute approximate surface area is 61.7 Å². The first-order valence-corrected chi connectivity index (χ1v) is 4.18. The second kappa shape index (κ2) is 1.79. The van der Waals surface area contributed by atoms with Crippen LogP contribution < -0.4 is 0 Å². The van der Waals surface area contributed by atoms with Crippen LogP contribution >= 0.6 is 12.6 Å². The Bertz CT molecular complexity index is 160. The Balaban J connectivity index is 2.12. The third-order valence-electron chi connectivity index (χ3n) is 2.45. The highest BCUT2D eigenvalue weighted by atomic mass is 32.1. The zero-order valence-electron chi connectivity index (χ0n) is 5.67. The van der Waals surface area contributed by atoms with Gasteiger partial charge in [-0.2, -0.15) is 12.6 Å². The molecule has 2 unspecified atom stereocenters. The van der Waals surface area contributed by atoms with E-state index >= 15 is 0 Å². The zero-order chi connectivity index (χ0) is 6.43. The molecule has 1 fully saturated rings. The molecule has 9 heavy (non-hydrogen) atoms. The Morgan fingerprint density at radius 1 is 1.67 bits per heavy atom. The lowest BCUT2D eigenvalue weighted by atomic mass is 9.96. The molecule has 1 heteroatoms. The maximum atomic E-state index is 4.44. The fraction of sp³-hybridized carbons (Fsp3) is 0.750. The Kier molecular flexibility index (Phi) is 1.16. The van der Waals surface area contributed by atoms with Gasteiger partial charge in [0.15, 0.2) is 0 Å². The highest BCUT2D eigenvalue weighted by Gasteiger charge is 2.43. The lowest BCUT2D eigenvalue weighted by molar-refractivity contribution is 0.498. The van der Waals surface area contributed by atoms with Crippen molar-refractivity contribution in [1.29, 1.82) is 0 Å². The fourth-order valence-electron chi connectivity index (χ4n) is 1.73. The maximum Gasteiger partial charge on any atom is 0.0295 e. The van der Waals surface area contributed by atoms with Crippen molar-refractivity contribution >= 4 is 12.6 Å². The van der Waals surface area contributed by atoms with Gasteiger partial charge in [0.05, 0.1) is 0 Å². The van der Waals surface area contributed by atoms with Crippen molar-refractivity contribution in [2.24, 2.45) is 11.8 Å². The molecule has 1 saturated carbocycles. The van der Waals surface area contributed by atoms with Crippen molar-refractivity contribution in [2.75, 3.05) is 0 Å². The average Bonchev–Trinajstić information content (AvgIpc) is 2.43. The van der Waals surface area contributed by atoms with Crippen molar-refractivity contribution in [2.45, 2.75) is 25.0 Å². The predicted octanol–water partition coefficient (Wildman–Crippen LogP) is 2.27. The molecule has 0 aromatic rings. The molecule has 0 amide bonds. The van der Waals surface area contributed by atoms with Gasteiger partial charge in [0.2, 0.25) is 0 Å². The second-order valence-electron chi connectivity index (χ2n) is 3.33. The first kappa shape index (κ1) is 5.84. The van der Waals surface area contributed by atoms with Crippen molar-refractivity contribution in [3.63, 3.8) is 0 Å². The molecule has 50 valence electrons. The van der Waals surface area contributed by atoms with Crippen LogP contribution in [0.3, 0.4) is 0 Å². The average molecular weight is 140 g/mol. The van der Waals surface area contributed by atoms with E-state index in [0.717, 1.165) is 11.8 Å². The maximum absolute atomic E-state index is 4.44. The first-order chi connectivity index (χ1) is 4.29. The van der Waals surface area contributed by atoms with E-state index in [1.54, 1.807) is 5.57 Å². The fourth-order valence-corrected chi connectivity index (χ4v) is 2.23. The lowest BCUT2D eigenvalue weighted by Crippen LogP contribution is -1.97. The van der Waals surface area contributed by atoms with E-state index < -0.39 is 0 Å². The quantitative estimate of drug-likeness (QED) is 0.387. The van der Waals surface area contributed by atoms with Crippen LogP contribution in [0.5, 0.6) is 0 Å². The van der Waals surface area contributed by atoms with Gasteiger partial charge in [-0.15, -0.1) is 0 Å². The summed E-state index contributed by atoms with van der Waals surface area (Å²) in [6, 6.07) is 0. The topological polar surface area (TPSA) is 0 Å². The van der Waals surface area contributed by atoms with E-state index in [9.17, 15) is 0 Å². The van der Waals surface area contributed by atoms with Crippen molar-refractivity contribution in [1.82, 2.24) is 0 Å². The smallest absolute Gasteiger partial charge is 0.0295 e. The number of thiol groups is 1. The van der Waals surface area contributed by atoms with Crippen LogP contribution in [0, 0.1) is 11.8 Å². The minimum absolute atomic E-state index is 0.648. The van der Waals surface area contributed by atoms with Gasteiger partial charge in [0.1, 0.15) is 0 Å². The SMILES string of the molecule is CC1CC=C2C(C1)[C@H]2S. The predicted molar refractivity (Wildman–Crippen MR) is 42.7 cm³/mol. The Morgan fingerprint density at radius 2 is 2.44 bits per heavy atom. The first-order valence-electron chi connectivity index (χ1n) is 3.67. The van der Waals surface area contributed by atoms with Gasteiger partial charge in [-0.25, -0.2) is 0 Å². The zero-order valence-corrected chi connectivity index (χ0v) is 6.57. The number of fused-ring (bicyclic) bond motifs is 1. The highest BCUT2D eigenvalue weighted by Crippen LogP contribution is 2.50. The standard InChI is InChI=1S/C8H12S/c1-5-2-3-6-7(4-5)8(6)9/h3,5,7-9H,2,4H2,1H3/t5?,7?,8-/m0/s1. The Hall–Kier alpha value is 0.0900. The number of hydrogen-bond acceptors (Lipinski definition) is 1. The van der Waals surface area contributed by atoms with E-state index in [-0.39, 0.29) is 0 Å². The summed E-state index contributed by atoms with van der Waals surface area (Å²) < 4.78 is 0. The molecule has 0 N–H and O–H groups in total. The van der Waals surface area contributed by atoms with Gasteiger partial charge in [-0.1, -0.05) is 18.6 Å². The molecule has 2 rings (SSSR count). The monoisotopic (exact) mass is 140 g/mol. The summed E-state index contributed by atoms with van der Waals surface area (Å²) in [6.07, 6.45) is 5.07. The molecular formula is C8H12S. The van der Waals surface area contributed by atoms with Gasteiger partial charge in [0, 0.05) is 5.25 Å². The molecule has 0 radical (unpaired) electrons. The number of hydrogen-bond donors (Lipinski definition) is 1. The van der Waals surface area contributed by atoms with Crippen LogP contribution in [0.15, 0.2) is 11.6 Å². The van der Waals surface area contributed by atoms with Crippen LogP contribution in [0.4, 0.5) is 0 Å². The minimum atomic E-state index is 0.648. The van der Waals surface area contributed by atoms with Gasteiger partial charge in [-0.05, 0) is 24.7 Å². The minimum Gasteiger partial charge on any atom is -0.171 e. The molecule has 0 nitrogen and oxygen atoms in total. The van der Waals surface area contributed by atoms with Gasteiger partial charge in [0.25, 0.3) is 0 Å². The van der Waals surface area contributed by atoms with Crippen LogP contribution in [-0.4, -0.2) is 5.25 Å². The normalized spacial score (nSPS) is 47.8. The van der Waals surface area contributed by atoms with E-state index in [2.05, 4.69) is 25.6 Å². The highest BCUT2D eigenvalue weighted by molar-refractivity contribution is 7.81. The summed E-state index contributed by atoms with van der Waals surface area (Å²) in [4.78, 5) is 0. The Morgan fingerprint density at radius 3 is 3.00 bits per heavy atom. The van der Waals surface area contributed by atoms with E-state index in [0.29, 0.717) is 5.25 Å². The second-order valence-corrected chi connectivity index (χ2v) is 3.89. The van der Waals surface area contributed by atoms with Crippen LogP contribution in [0.2, 0.25) is 0 Å². The third-order valence-corrected chi connectivity index (χ3v) is 3.11. The molecule has 0 aliphatic heterocycles. The van der Waals surface area contributed by atoms with E-state index in [1.165, 1.54) is 12.8 Å². The molecule has 0 aromatic carbocycles. The molecule has 0 heterocycles. The lowest BCUT2D eigenvalue weighted by Gasteiger charge is -2.09. The summed E-state index contributed by atoms with van der Waals surface area (Å²) in [5.41, 5.74) is 1.62. The summed E-state index contributed by atoms with van der Waals surface area (Å²) in [5, 5.41) is 0.648. The molecule has 0 saturated heterocycles. The van der Waals surface area contributed by atoms with E-state index in [1.807, 2.05) is 0 Å². The summed E-state index contributed by atoms with van der Waals surface area (Å²) >= 11 is 4.44. The summed E-state index contributed by atoms with van der Waals surface area (Å²) in [6.45, 7) is 2.33. The molecule has 3 atom stereocenters. The van der Waals surface area contributed by atoms with Crippen molar-refractivity contribution < 1.29 is 0 Å². The number of rotatable bonds is 0. The van der Waals surface area contributed by atoms with E-state index in [4.69, 9.17) is 0 Å².